The lowest BCUT2D eigenvalue weighted by atomic mass is 10.0. The van der Waals surface area contributed by atoms with E-state index in [2.05, 4.69) is 58.5 Å². The Kier molecular flexibility index (Phi) is 36.5. The lowest BCUT2D eigenvalue weighted by molar-refractivity contribution is -0.143. The highest BCUT2D eigenvalue weighted by molar-refractivity contribution is 6.01. The molecule has 5 rings (SSSR count). The number of aliphatic carboxylic acids is 5. The van der Waals surface area contributed by atoms with E-state index in [-0.39, 0.29) is 65.4 Å². The molecule has 0 unspecified atom stereocenters. The fraction of sp³-hybridized carbons (Fsp3) is 0.382. The van der Waals surface area contributed by atoms with Crippen molar-refractivity contribution in [2.75, 3.05) is 6.61 Å². The first-order valence-corrected chi connectivity index (χ1v) is 36.0. The fourth-order valence-electron chi connectivity index (χ4n) is 11.4. The molecule has 0 fully saturated rings. The van der Waals surface area contributed by atoms with Gasteiger partial charge in [-0.2, -0.15) is 0 Å². The van der Waals surface area contributed by atoms with Crippen molar-refractivity contribution < 1.29 is 133 Å². The van der Waals surface area contributed by atoms with Gasteiger partial charge in [-0.3, -0.25) is 76.7 Å². The molecular weight excluding hydrogens is 1530 g/mol. The molecule has 0 aliphatic rings. The maximum absolute atomic E-state index is 14.6. The quantitative estimate of drug-likeness (QED) is 0.0179. The molecule has 0 aliphatic heterocycles. The molecule has 12 atom stereocenters. The zero-order chi connectivity index (χ0) is 86.0. The number of phenolic OH excluding ortho intramolecular Hbond substituents is 4. The van der Waals surface area contributed by atoms with E-state index in [1.54, 1.807) is 44.2 Å². The lowest BCUT2D eigenvalue weighted by Crippen LogP contribution is -2.62. The van der Waals surface area contributed by atoms with Crippen molar-refractivity contribution in [1.29, 1.82) is 0 Å². The van der Waals surface area contributed by atoms with Gasteiger partial charge >= 0.3 is 29.8 Å². The molecule has 0 aromatic heterocycles. The van der Waals surface area contributed by atoms with Crippen LogP contribution in [0.4, 0.5) is 0 Å². The number of benzene rings is 5. The van der Waals surface area contributed by atoms with Gasteiger partial charge in [-0.05, 0) is 102 Å². The van der Waals surface area contributed by atoms with Gasteiger partial charge in [-0.1, -0.05) is 92.7 Å². The monoisotopic (exact) mass is 1620 g/mol. The van der Waals surface area contributed by atoms with Crippen LogP contribution in [0.2, 0.25) is 0 Å². The first-order chi connectivity index (χ1) is 54.7. The predicted molar refractivity (Wildman–Crippen MR) is 403 cm³/mol. The second-order valence-corrected chi connectivity index (χ2v) is 27.3. The number of aliphatic hydroxyl groups is 1. The smallest absolute Gasteiger partial charge is 0.326 e. The topological polar surface area (TPSA) is 677 Å². The number of nitrogens with one attached hydrogen (secondary N) is 11. The highest BCUT2D eigenvalue weighted by atomic mass is 16.4. The minimum Gasteiger partial charge on any atom is -0.508 e. The Balaban J connectivity index is 1.40. The Hall–Kier alpha value is -13.8. The second kappa shape index (κ2) is 45.7. The molecule has 0 radical (unpaired) electrons. The van der Waals surface area contributed by atoms with Crippen LogP contribution < -0.4 is 70.0 Å². The molecule has 40 heteroatoms. The van der Waals surface area contributed by atoms with Crippen LogP contribution in [0.25, 0.3) is 0 Å². The van der Waals surface area contributed by atoms with Crippen molar-refractivity contribution in [2.45, 2.75) is 170 Å². The molecule has 0 spiro atoms. The average molecular weight is 1620 g/mol. The third-order valence-electron chi connectivity index (χ3n) is 17.4. The van der Waals surface area contributed by atoms with E-state index in [0.717, 1.165) is 12.1 Å². The number of hydrogen-bond donors (Lipinski definition) is 23. The van der Waals surface area contributed by atoms with Gasteiger partial charge in [-0.25, -0.2) is 4.79 Å². The SMILES string of the molecule is CC(C)C[C@H](NC(=O)[C@H](CC(=O)O)NC(=O)[C@H](Cc1ccc(O)cc1)NC(=O)[C@H](CO)NC(=O)[C@H](Cc1ccc(O)cc1)NC(=O)[C@H](CC(N)=O)NC(=O)[C@H](CCC(=O)O)NC(=O)[C@H](Cc1ccccc1)NC(=O)[C@@H](N)CCC(=O)O)C(=O)N[C@@H](CC(=O)O)C(=O)N[C@@H](Cc1ccc(O)cc1)C(=O)N[C@@H](Cc1ccc(O)cc1)C(=O)O. The minimum atomic E-state index is -2.18. The summed E-state index contributed by atoms with van der Waals surface area (Å²) in [6.07, 6.45) is -8.43. The second-order valence-electron chi connectivity index (χ2n) is 27.3. The Labute approximate surface area is 661 Å². The standard InChI is InChI=1S/C76H93N13O27/c1-38(2)28-50(67(106)86-57(36-64(102)103)74(113)83-53(31-41-10-18-45(92)19-11-41)70(109)88-58(76(115)116)33-43-14-22-47(94)23-15-43)81-73(112)56(35-63(100)101)87-69(108)52(30-40-8-16-44(91)17-9-40)84-75(114)59(37-90)89-71(110)54(32-42-12-20-46(93)21-13-42)82-72(111)55(34-60(78)95)85-66(105)49(25-27-62(98)99)79-68(107)51(29-39-6-4-3-5-7-39)80-65(104)48(77)24-26-61(96)97/h3-23,38,48-59,90-94H,24-37,77H2,1-2H3,(H2,78,95)(H,79,107)(H,80,104)(H,81,112)(H,82,111)(H,83,113)(H,84,114)(H,85,105)(H,86,106)(H,87,108)(H,88,109)(H,89,110)(H,96,97)(H,98,99)(H,100,101)(H,102,103)(H,115,116)/t48-,49-,50-,51-,52-,53-,54-,55-,56-,57-,58-,59-/m0/s1. The van der Waals surface area contributed by atoms with Gasteiger partial charge in [0, 0.05) is 44.9 Å². The number of rotatable bonds is 48. The molecule has 12 amide bonds. The summed E-state index contributed by atoms with van der Waals surface area (Å²) in [5.74, 6) is -24.5. The van der Waals surface area contributed by atoms with Crippen LogP contribution in [0, 0.1) is 5.92 Å². The zero-order valence-corrected chi connectivity index (χ0v) is 62.6. The Morgan fingerprint density at radius 3 is 0.888 bits per heavy atom. The van der Waals surface area contributed by atoms with Crippen LogP contribution >= 0.6 is 0 Å². The first kappa shape index (κ1) is 92.8. The van der Waals surface area contributed by atoms with E-state index in [9.17, 15) is 127 Å². The molecular formula is C76H93N13O27. The van der Waals surface area contributed by atoms with Crippen LogP contribution in [-0.4, -0.2) is 231 Å². The Morgan fingerprint density at radius 1 is 0.302 bits per heavy atom. The number of carboxylic acids is 5. The molecule has 0 saturated carbocycles. The zero-order valence-electron chi connectivity index (χ0n) is 62.6. The summed E-state index contributed by atoms with van der Waals surface area (Å²) in [4.78, 5) is 230. The van der Waals surface area contributed by atoms with Gasteiger partial charge in [0.2, 0.25) is 70.9 Å². The molecule has 0 saturated heterocycles. The number of carbonyl (C=O) groups excluding carboxylic acids is 12. The third-order valence-corrected chi connectivity index (χ3v) is 17.4. The van der Waals surface area contributed by atoms with Crippen LogP contribution in [0.1, 0.15) is 93.0 Å². The number of aromatic hydroxyl groups is 4. The molecule has 0 aliphatic carbocycles. The number of nitrogens with two attached hydrogens (primary N) is 2. The first-order valence-electron chi connectivity index (χ1n) is 36.0. The van der Waals surface area contributed by atoms with Crippen LogP contribution in [0.15, 0.2) is 127 Å². The molecule has 0 heterocycles. The van der Waals surface area contributed by atoms with Crippen LogP contribution in [0.5, 0.6) is 23.0 Å². The largest absolute Gasteiger partial charge is 0.508 e. The number of aliphatic hydroxyl groups excluding tert-OH is 1. The maximum Gasteiger partial charge on any atom is 0.326 e. The van der Waals surface area contributed by atoms with E-state index in [1.165, 1.54) is 84.9 Å². The van der Waals surface area contributed by atoms with Crippen molar-refractivity contribution in [1.82, 2.24) is 58.5 Å². The van der Waals surface area contributed by atoms with Gasteiger partial charge in [0.05, 0.1) is 31.9 Å². The van der Waals surface area contributed by atoms with Gasteiger partial charge < -0.3 is 121 Å². The minimum absolute atomic E-state index is 0.143. The molecule has 25 N–H and O–H groups in total. The van der Waals surface area contributed by atoms with Crippen molar-refractivity contribution in [3.63, 3.8) is 0 Å². The van der Waals surface area contributed by atoms with E-state index in [4.69, 9.17) is 16.6 Å². The van der Waals surface area contributed by atoms with E-state index < -0.39 is 244 Å². The molecule has 0 bridgehead atoms. The van der Waals surface area contributed by atoms with Gasteiger partial charge in [0.25, 0.3) is 0 Å². The van der Waals surface area contributed by atoms with Crippen molar-refractivity contribution >= 4 is 101 Å². The van der Waals surface area contributed by atoms with Crippen LogP contribution in [-0.2, 0) is 114 Å². The molecule has 624 valence electrons. The number of carboxylic acid groups (broad SMARTS) is 5. The Bertz CT molecular complexity index is 4310. The summed E-state index contributed by atoms with van der Waals surface area (Å²) in [5, 5.41) is 125. The maximum atomic E-state index is 14.6. The van der Waals surface area contributed by atoms with E-state index in [0.29, 0.717) is 11.1 Å². The number of carbonyl (C=O) groups is 17. The third kappa shape index (κ3) is 32.5. The van der Waals surface area contributed by atoms with Crippen LogP contribution in [0.3, 0.4) is 0 Å². The van der Waals surface area contributed by atoms with Gasteiger partial charge in [0.1, 0.15) is 89.5 Å². The normalized spacial score (nSPS) is 14.1. The molecule has 5 aromatic rings. The number of amides is 12. The summed E-state index contributed by atoms with van der Waals surface area (Å²) in [6.45, 7) is 1.80. The summed E-state index contributed by atoms with van der Waals surface area (Å²) in [6, 6.07) is 5.84. The average Bonchev–Trinajstić information content (AvgIpc) is 0.848. The van der Waals surface area contributed by atoms with Crippen molar-refractivity contribution in [3.05, 3.63) is 155 Å². The number of hydrogen-bond acceptors (Lipinski definition) is 23. The number of phenols is 4. The summed E-state index contributed by atoms with van der Waals surface area (Å²) >= 11 is 0. The number of primary amides is 1. The lowest BCUT2D eigenvalue weighted by Gasteiger charge is -2.28. The van der Waals surface area contributed by atoms with Crippen molar-refractivity contribution in [3.8, 4) is 23.0 Å². The molecule has 40 nitrogen and oxygen atoms in total. The van der Waals surface area contributed by atoms with E-state index in [1.807, 2.05) is 0 Å². The molecule has 116 heavy (non-hydrogen) atoms. The predicted octanol–water partition coefficient (Wildman–Crippen LogP) is -3.64. The van der Waals surface area contributed by atoms with Gasteiger partial charge in [-0.15, -0.1) is 0 Å². The molecule has 5 aromatic carbocycles. The van der Waals surface area contributed by atoms with Gasteiger partial charge in [0.15, 0.2) is 0 Å². The summed E-state index contributed by atoms with van der Waals surface area (Å²) in [5.41, 5.74) is 12.8. The fourth-order valence-corrected chi connectivity index (χ4v) is 11.4. The van der Waals surface area contributed by atoms with Crippen molar-refractivity contribution in [2.24, 2.45) is 17.4 Å². The highest BCUT2D eigenvalue weighted by Crippen LogP contribution is 2.19. The highest BCUT2D eigenvalue weighted by Gasteiger charge is 2.39. The van der Waals surface area contributed by atoms with E-state index >= 15 is 0 Å². The summed E-state index contributed by atoms with van der Waals surface area (Å²) in [7, 11) is 0. The summed E-state index contributed by atoms with van der Waals surface area (Å²) < 4.78 is 0. The Morgan fingerprint density at radius 2 is 0.560 bits per heavy atom.